The first kappa shape index (κ1) is 16.8. The molecule has 0 aliphatic rings. The highest BCUT2D eigenvalue weighted by atomic mass is 32.2. The van der Waals surface area contributed by atoms with E-state index in [4.69, 9.17) is 0 Å². The van der Waals surface area contributed by atoms with E-state index < -0.39 is 5.92 Å². The monoisotopic (exact) mass is 297 g/mol. The van der Waals surface area contributed by atoms with Gasteiger partial charge in [0.1, 0.15) is 0 Å². The van der Waals surface area contributed by atoms with Crippen LogP contribution in [0, 0.1) is 5.92 Å². The quantitative estimate of drug-likeness (QED) is 0.693. The van der Waals surface area contributed by atoms with Gasteiger partial charge in [0.2, 0.25) is 0 Å². The number of hydrogen-bond acceptors (Lipinski definition) is 2. The Labute approximate surface area is 124 Å². The Morgan fingerprint density at radius 3 is 2.25 bits per heavy atom. The van der Waals surface area contributed by atoms with Crippen LogP contribution in [0.5, 0.6) is 0 Å². The Balaban J connectivity index is 2.68. The van der Waals surface area contributed by atoms with E-state index in [2.05, 4.69) is 31.8 Å². The lowest BCUT2D eigenvalue weighted by atomic mass is 10.1. The Hall–Kier alpha value is -1.29. The molecule has 0 saturated carbocycles. The zero-order chi connectivity index (χ0) is 15.3. The van der Waals surface area contributed by atoms with Crippen LogP contribution in [0.1, 0.15) is 33.3 Å². The normalized spacial score (nSPS) is 12.7. The molecule has 1 nitrogen and oxygen atoms in total. The number of thioether (sulfide) groups is 1. The molecule has 0 heterocycles. The molecule has 0 unspecified atom stereocenters. The zero-order valence-electron chi connectivity index (χ0n) is 12.3. The van der Waals surface area contributed by atoms with Crippen LogP contribution in [0.3, 0.4) is 0 Å². The molecule has 0 aliphatic heterocycles. The van der Waals surface area contributed by atoms with E-state index in [1.807, 2.05) is 6.92 Å². The standard InChI is InChI=1S/C16H21F2NS/c1-6-15(11(2)3)20-12(4)19-14-9-7-13(8-10-14)16(5,17)18/h6-11,19H,4H2,1-3,5H3/b15-6-. The SMILES string of the molecule is C=C(Nc1ccc(C(C)(F)F)cc1)S/C(=C\C)C(C)C. The van der Waals surface area contributed by atoms with Gasteiger partial charge in [0.05, 0.1) is 5.03 Å². The molecule has 1 aromatic rings. The molecule has 0 radical (unpaired) electrons. The lowest BCUT2D eigenvalue weighted by Crippen LogP contribution is -2.06. The smallest absolute Gasteiger partial charge is 0.270 e. The molecule has 110 valence electrons. The van der Waals surface area contributed by atoms with Gasteiger partial charge in [-0.25, -0.2) is 8.78 Å². The van der Waals surface area contributed by atoms with Crippen LogP contribution in [0.4, 0.5) is 14.5 Å². The number of allylic oxidation sites excluding steroid dienone is 2. The summed E-state index contributed by atoms with van der Waals surface area (Å²) in [6.07, 6.45) is 2.06. The van der Waals surface area contributed by atoms with Gasteiger partial charge in [0.15, 0.2) is 0 Å². The zero-order valence-corrected chi connectivity index (χ0v) is 13.2. The first-order valence-electron chi connectivity index (χ1n) is 6.52. The van der Waals surface area contributed by atoms with Crippen LogP contribution in [0.2, 0.25) is 0 Å². The van der Waals surface area contributed by atoms with E-state index >= 15 is 0 Å². The molecular formula is C16H21F2NS. The second-order valence-corrected chi connectivity index (χ2v) is 6.13. The highest BCUT2D eigenvalue weighted by molar-refractivity contribution is 8.06. The topological polar surface area (TPSA) is 12.0 Å². The molecular weight excluding hydrogens is 276 g/mol. The van der Waals surface area contributed by atoms with Crippen LogP contribution in [0.15, 0.2) is 46.9 Å². The molecule has 4 heteroatoms. The van der Waals surface area contributed by atoms with Crippen molar-refractivity contribution >= 4 is 17.4 Å². The molecule has 0 aliphatic carbocycles. The molecule has 0 amide bonds. The maximum atomic E-state index is 13.1. The van der Waals surface area contributed by atoms with Crippen molar-refractivity contribution in [2.24, 2.45) is 5.92 Å². The van der Waals surface area contributed by atoms with E-state index in [0.717, 1.165) is 17.6 Å². The third kappa shape index (κ3) is 5.00. The fourth-order valence-electron chi connectivity index (χ4n) is 1.69. The maximum absolute atomic E-state index is 13.1. The van der Waals surface area contributed by atoms with E-state index in [0.29, 0.717) is 5.92 Å². The van der Waals surface area contributed by atoms with Gasteiger partial charge in [0.25, 0.3) is 5.92 Å². The van der Waals surface area contributed by atoms with Gasteiger partial charge in [-0.3, -0.25) is 0 Å². The number of rotatable bonds is 6. The summed E-state index contributed by atoms with van der Waals surface area (Å²) in [5.41, 5.74) is 0.771. The minimum Gasteiger partial charge on any atom is -0.350 e. The first-order valence-corrected chi connectivity index (χ1v) is 7.34. The van der Waals surface area contributed by atoms with Crippen molar-refractivity contribution in [3.05, 3.63) is 52.4 Å². The highest BCUT2D eigenvalue weighted by Crippen LogP contribution is 2.32. The molecule has 0 atom stereocenters. The number of alkyl halides is 2. The van der Waals surface area contributed by atoms with Crippen molar-refractivity contribution in [1.29, 1.82) is 0 Å². The first-order chi connectivity index (χ1) is 9.24. The predicted molar refractivity (Wildman–Crippen MR) is 85.0 cm³/mol. The largest absolute Gasteiger partial charge is 0.350 e. The van der Waals surface area contributed by atoms with E-state index in [1.54, 1.807) is 23.9 Å². The molecule has 0 aromatic heterocycles. The molecule has 1 N–H and O–H groups in total. The fourth-order valence-corrected chi connectivity index (χ4v) is 2.49. The maximum Gasteiger partial charge on any atom is 0.270 e. The Kier molecular flexibility index (Phi) is 5.81. The van der Waals surface area contributed by atoms with E-state index in [9.17, 15) is 8.78 Å². The van der Waals surface area contributed by atoms with Crippen molar-refractivity contribution < 1.29 is 8.78 Å². The van der Waals surface area contributed by atoms with E-state index in [-0.39, 0.29) is 5.56 Å². The predicted octanol–water partition coefficient (Wildman–Crippen LogP) is 5.97. The lowest BCUT2D eigenvalue weighted by Gasteiger charge is -2.15. The van der Waals surface area contributed by atoms with Gasteiger partial charge < -0.3 is 5.32 Å². The third-order valence-electron chi connectivity index (χ3n) is 2.77. The van der Waals surface area contributed by atoms with Crippen LogP contribution >= 0.6 is 11.8 Å². The number of halogens is 2. The van der Waals surface area contributed by atoms with Gasteiger partial charge in [-0.15, -0.1) is 0 Å². The summed E-state index contributed by atoms with van der Waals surface area (Å²) in [7, 11) is 0. The lowest BCUT2D eigenvalue weighted by molar-refractivity contribution is 0.0175. The molecule has 0 spiro atoms. The van der Waals surface area contributed by atoms with Crippen molar-refractivity contribution in [2.45, 2.75) is 33.6 Å². The van der Waals surface area contributed by atoms with Crippen LogP contribution in [-0.2, 0) is 5.92 Å². The molecule has 0 bridgehead atoms. The van der Waals surface area contributed by atoms with Crippen LogP contribution in [0.25, 0.3) is 0 Å². The Morgan fingerprint density at radius 1 is 1.30 bits per heavy atom. The summed E-state index contributed by atoms with van der Waals surface area (Å²) in [6, 6.07) is 6.14. The average molecular weight is 297 g/mol. The second-order valence-electron chi connectivity index (χ2n) is 4.96. The Morgan fingerprint density at radius 2 is 1.85 bits per heavy atom. The summed E-state index contributed by atoms with van der Waals surface area (Å²) in [4.78, 5) is 1.22. The molecule has 20 heavy (non-hydrogen) atoms. The number of hydrogen-bond donors (Lipinski definition) is 1. The van der Waals surface area contributed by atoms with Crippen LogP contribution in [-0.4, -0.2) is 0 Å². The minimum absolute atomic E-state index is 0.0117. The Bertz CT molecular complexity index is 484. The number of nitrogens with one attached hydrogen (secondary N) is 1. The number of anilines is 1. The third-order valence-corrected chi connectivity index (χ3v) is 4.06. The summed E-state index contributed by atoms with van der Waals surface area (Å²) >= 11 is 1.56. The molecule has 1 aromatic carbocycles. The van der Waals surface area contributed by atoms with Crippen molar-refractivity contribution in [2.75, 3.05) is 5.32 Å². The molecule has 1 rings (SSSR count). The van der Waals surface area contributed by atoms with Gasteiger partial charge in [-0.1, -0.05) is 50.4 Å². The minimum atomic E-state index is -2.81. The second kappa shape index (κ2) is 6.93. The van der Waals surface area contributed by atoms with Gasteiger partial charge in [-0.05, 0) is 29.9 Å². The summed E-state index contributed by atoms with van der Waals surface area (Å²) in [6.45, 7) is 11.1. The molecule has 0 fully saturated rings. The average Bonchev–Trinajstić information content (AvgIpc) is 2.35. The highest BCUT2D eigenvalue weighted by Gasteiger charge is 2.23. The summed E-state index contributed by atoms with van der Waals surface area (Å²) in [5.74, 6) is -2.37. The van der Waals surface area contributed by atoms with Crippen molar-refractivity contribution in [1.82, 2.24) is 0 Å². The van der Waals surface area contributed by atoms with Gasteiger partial charge in [-0.2, -0.15) is 0 Å². The fraction of sp³-hybridized carbons (Fsp3) is 0.375. The van der Waals surface area contributed by atoms with Crippen LogP contribution < -0.4 is 5.32 Å². The number of benzene rings is 1. The summed E-state index contributed by atoms with van der Waals surface area (Å²) < 4.78 is 26.2. The molecule has 0 saturated heterocycles. The van der Waals surface area contributed by atoms with Crippen molar-refractivity contribution in [3.63, 3.8) is 0 Å². The van der Waals surface area contributed by atoms with Gasteiger partial charge in [0, 0.05) is 18.2 Å². The van der Waals surface area contributed by atoms with Gasteiger partial charge >= 0.3 is 0 Å². The van der Waals surface area contributed by atoms with E-state index in [1.165, 1.54) is 17.0 Å². The van der Waals surface area contributed by atoms with Crippen molar-refractivity contribution in [3.8, 4) is 0 Å². The summed E-state index contributed by atoms with van der Waals surface area (Å²) in [5, 5.41) is 3.90.